The first-order chi connectivity index (χ1) is 16.2. The van der Waals surface area contributed by atoms with Crippen LogP contribution in [0.1, 0.15) is 37.3 Å². The van der Waals surface area contributed by atoms with Gasteiger partial charge in [0, 0.05) is 13.2 Å². The van der Waals surface area contributed by atoms with Crippen molar-refractivity contribution in [3.05, 3.63) is 65.7 Å². The Morgan fingerprint density at radius 1 is 0.912 bits per heavy atom. The standard InChI is InChI=1S/C9H11NO3.C9H12O.C7H15NO3/c10-8(9(12)13)5-6-1-3-7(11)4-2-6;10-8-4-7-9-5-2-1-3-6-9;1-2-4-8-6(3-5-9)7(10)11/h1-4,8,11H,5,10H2,(H,12,13);1-3,5-6,10H,4,7-8H2;6,8-9H,2-5H2,1H3,(H,10,11). The highest BCUT2D eigenvalue weighted by Gasteiger charge is 2.14. The molecule has 2 atom stereocenters. The molecule has 0 aliphatic rings. The van der Waals surface area contributed by atoms with Crippen LogP contribution in [0.25, 0.3) is 0 Å². The largest absolute Gasteiger partial charge is 0.508 e. The lowest BCUT2D eigenvalue weighted by Gasteiger charge is -2.11. The number of aliphatic hydroxyl groups is 2. The lowest BCUT2D eigenvalue weighted by Crippen LogP contribution is -2.37. The van der Waals surface area contributed by atoms with Gasteiger partial charge in [-0.05, 0) is 61.9 Å². The molecule has 2 aromatic rings. The van der Waals surface area contributed by atoms with E-state index < -0.39 is 24.0 Å². The molecule has 0 heterocycles. The number of aromatic hydroxyl groups is 1. The van der Waals surface area contributed by atoms with Gasteiger partial charge in [0.15, 0.2) is 0 Å². The van der Waals surface area contributed by atoms with Gasteiger partial charge >= 0.3 is 11.9 Å². The lowest BCUT2D eigenvalue weighted by molar-refractivity contribution is -0.140. The molecule has 0 bridgehead atoms. The number of aliphatic carboxylic acids is 2. The first kappa shape index (κ1) is 31.0. The fourth-order valence-electron chi connectivity index (χ4n) is 2.66. The number of phenols is 1. The smallest absolute Gasteiger partial charge is 0.320 e. The molecule has 34 heavy (non-hydrogen) atoms. The van der Waals surface area contributed by atoms with E-state index in [2.05, 4.69) is 17.4 Å². The minimum absolute atomic E-state index is 0.0896. The zero-order valence-electron chi connectivity index (χ0n) is 19.6. The van der Waals surface area contributed by atoms with Gasteiger partial charge in [0.05, 0.1) is 0 Å². The zero-order chi connectivity index (χ0) is 25.8. The molecule has 0 aliphatic carbocycles. The van der Waals surface area contributed by atoms with Gasteiger partial charge in [0.2, 0.25) is 0 Å². The van der Waals surface area contributed by atoms with Crippen LogP contribution in [0.5, 0.6) is 5.75 Å². The van der Waals surface area contributed by atoms with Crippen molar-refractivity contribution < 1.29 is 35.1 Å². The summed E-state index contributed by atoms with van der Waals surface area (Å²) in [5, 5.41) is 45.9. The second-order valence-electron chi connectivity index (χ2n) is 7.49. The van der Waals surface area contributed by atoms with Gasteiger partial charge in [-0.3, -0.25) is 9.59 Å². The maximum absolute atomic E-state index is 10.4. The van der Waals surface area contributed by atoms with Crippen LogP contribution in [0.3, 0.4) is 0 Å². The van der Waals surface area contributed by atoms with Crippen LogP contribution in [0.15, 0.2) is 54.6 Å². The maximum atomic E-state index is 10.4. The van der Waals surface area contributed by atoms with Crippen molar-refractivity contribution in [3.63, 3.8) is 0 Å². The minimum Gasteiger partial charge on any atom is -0.508 e. The highest BCUT2D eigenvalue weighted by atomic mass is 16.4. The fourth-order valence-corrected chi connectivity index (χ4v) is 2.66. The molecule has 0 amide bonds. The molecular formula is C25H38N2O7. The fraction of sp³-hybridized carbons (Fsp3) is 0.440. The van der Waals surface area contributed by atoms with Crippen molar-refractivity contribution in [2.24, 2.45) is 5.73 Å². The summed E-state index contributed by atoms with van der Waals surface area (Å²) in [7, 11) is 0. The number of nitrogens with two attached hydrogens (primary N) is 1. The van der Waals surface area contributed by atoms with E-state index in [1.54, 1.807) is 12.1 Å². The lowest BCUT2D eigenvalue weighted by atomic mass is 10.1. The summed E-state index contributed by atoms with van der Waals surface area (Å²) >= 11 is 0. The van der Waals surface area contributed by atoms with Gasteiger partial charge < -0.3 is 36.6 Å². The van der Waals surface area contributed by atoms with Crippen molar-refractivity contribution >= 4 is 11.9 Å². The average molecular weight is 479 g/mol. The number of phenolic OH excluding ortho intramolecular Hbond substituents is 1. The molecule has 8 N–H and O–H groups in total. The molecule has 2 aromatic carbocycles. The van der Waals surface area contributed by atoms with Gasteiger partial charge in [-0.1, -0.05) is 49.4 Å². The number of carbonyl (C=O) groups is 2. The molecule has 0 saturated heterocycles. The van der Waals surface area contributed by atoms with Gasteiger partial charge in [-0.25, -0.2) is 0 Å². The SMILES string of the molecule is CCCNC(CCO)C(=O)O.NC(Cc1ccc(O)cc1)C(=O)O.OCCCc1ccccc1. The number of benzene rings is 2. The van der Waals surface area contributed by atoms with Crippen LogP contribution in [-0.2, 0) is 22.4 Å². The summed E-state index contributed by atoms with van der Waals surface area (Å²) in [6, 6.07) is 15.0. The summed E-state index contributed by atoms with van der Waals surface area (Å²) in [6.07, 6.45) is 3.29. The molecule has 0 aliphatic heterocycles. The zero-order valence-corrected chi connectivity index (χ0v) is 19.6. The van der Waals surface area contributed by atoms with Crippen molar-refractivity contribution in [2.45, 2.75) is 51.1 Å². The van der Waals surface area contributed by atoms with E-state index in [1.165, 1.54) is 17.7 Å². The Labute approximate surface area is 200 Å². The number of hydrogen-bond acceptors (Lipinski definition) is 7. The van der Waals surface area contributed by atoms with Crippen LogP contribution in [0.2, 0.25) is 0 Å². The van der Waals surface area contributed by atoms with Crippen LogP contribution < -0.4 is 11.1 Å². The van der Waals surface area contributed by atoms with Gasteiger partial charge in [-0.15, -0.1) is 0 Å². The highest BCUT2D eigenvalue weighted by Crippen LogP contribution is 2.10. The molecule has 9 nitrogen and oxygen atoms in total. The first-order valence-corrected chi connectivity index (χ1v) is 11.2. The van der Waals surface area contributed by atoms with Crippen molar-refractivity contribution in [1.29, 1.82) is 0 Å². The molecule has 2 unspecified atom stereocenters. The summed E-state index contributed by atoms with van der Waals surface area (Å²) in [6.45, 7) is 2.84. The Balaban J connectivity index is 0.000000485. The normalized spacial score (nSPS) is 11.8. The second kappa shape index (κ2) is 19.5. The number of carboxylic acid groups (broad SMARTS) is 2. The van der Waals surface area contributed by atoms with Crippen molar-refractivity contribution in [3.8, 4) is 5.75 Å². The van der Waals surface area contributed by atoms with E-state index in [-0.39, 0.29) is 31.8 Å². The highest BCUT2D eigenvalue weighted by molar-refractivity contribution is 5.73. The van der Waals surface area contributed by atoms with E-state index in [0.29, 0.717) is 6.54 Å². The van der Waals surface area contributed by atoms with E-state index in [1.807, 2.05) is 25.1 Å². The topological polar surface area (TPSA) is 173 Å². The summed E-state index contributed by atoms with van der Waals surface area (Å²) < 4.78 is 0. The van der Waals surface area contributed by atoms with Crippen molar-refractivity contribution in [2.75, 3.05) is 19.8 Å². The average Bonchev–Trinajstić information content (AvgIpc) is 2.83. The number of aliphatic hydroxyl groups excluding tert-OH is 2. The minimum atomic E-state index is -1.02. The quantitative estimate of drug-likeness (QED) is 0.240. The van der Waals surface area contributed by atoms with E-state index in [0.717, 1.165) is 24.8 Å². The molecule has 2 rings (SSSR count). The molecule has 0 spiro atoms. The number of nitrogens with one attached hydrogen (secondary N) is 1. The summed E-state index contributed by atoms with van der Waals surface area (Å²) in [5.74, 6) is -1.76. The maximum Gasteiger partial charge on any atom is 0.320 e. The number of carboxylic acids is 2. The molecule has 0 radical (unpaired) electrons. The molecular weight excluding hydrogens is 440 g/mol. The second-order valence-corrected chi connectivity index (χ2v) is 7.49. The van der Waals surface area contributed by atoms with Crippen LogP contribution >= 0.6 is 0 Å². The number of rotatable bonds is 12. The molecule has 0 saturated carbocycles. The predicted octanol–water partition coefficient (Wildman–Crippen LogP) is 1.78. The number of hydrogen-bond donors (Lipinski definition) is 7. The van der Waals surface area contributed by atoms with Gasteiger partial charge in [0.25, 0.3) is 0 Å². The predicted molar refractivity (Wildman–Crippen MR) is 131 cm³/mol. The van der Waals surface area contributed by atoms with Crippen molar-refractivity contribution in [1.82, 2.24) is 5.32 Å². The first-order valence-electron chi connectivity index (χ1n) is 11.2. The Morgan fingerprint density at radius 2 is 1.53 bits per heavy atom. The van der Waals surface area contributed by atoms with Crippen LogP contribution in [0, 0.1) is 0 Å². The van der Waals surface area contributed by atoms with Gasteiger partial charge in [0.1, 0.15) is 17.8 Å². The number of aryl methyl sites for hydroxylation is 1. The summed E-state index contributed by atoms with van der Waals surface area (Å²) in [4.78, 5) is 20.8. The molecule has 0 aromatic heterocycles. The van der Waals surface area contributed by atoms with E-state index in [9.17, 15) is 9.59 Å². The van der Waals surface area contributed by atoms with Crippen LogP contribution in [0.4, 0.5) is 0 Å². The van der Waals surface area contributed by atoms with Gasteiger partial charge in [-0.2, -0.15) is 0 Å². The monoisotopic (exact) mass is 478 g/mol. The molecule has 0 fully saturated rings. The Hall–Kier alpha value is -2.98. The van der Waals surface area contributed by atoms with E-state index >= 15 is 0 Å². The third-order valence-electron chi connectivity index (χ3n) is 4.53. The Kier molecular flexibility index (Phi) is 17.8. The third-order valence-corrected chi connectivity index (χ3v) is 4.53. The summed E-state index contributed by atoms with van der Waals surface area (Å²) in [5.41, 5.74) is 7.43. The Morgan fingerprint density at radius 3 is 2.00 bits per heavy atom. The third kappa shape index (κ3) is 15.8. The molecule has 9 heteroatoms. The van der Waals surface area contributed by atoms with E-state index in [4.69, 9.17) is 31.3 Å². The molecule has 190 valence electrons. The van der Waals surface area contributed by atoms with Crippen LogP contribution in [-0.4, -0.2) is 69.3 Å². The Bertz CT molecular complexity index is 786.